The molecule has 0 spiro atoms. The highest BCUT2D eigenvalue weighted by Gasteiger charge is 2.36. The summed E-state index contributed by atoms with van der Waals surface area (Å²) in [5, 5.41) is 0. The number of hydrogen-bond acceptors (Lipinski definition) is 3. The fraction of sp³-hybridized carbons (Fsp3) is 0.294. The molecule has 0 radical (unpaired) electrons. The number of piperidine rings is 1. The first-order valence-electron chi connectivity index (χ1n) is 7.32. The zero-order chi connectivity index (χ0) is 14.4. The lowest BCUT2D eigenvalue weighted by Crippen LogP contribution is -2.45. The number of hydrogen-bond donors (Lipinski definition) is 1. The molecule has 2 aliphatic heterocycles. The molecule has 4 rings (SSSR count). The molecule has 1 saturated heterocycles. The summed E-state index contributed by atoms with van der Waals surface area (Å²) in [5.74, 6) is 1.26. The molecule has 0 aliphatic carbocycles. The quantitative estimate of drug-likeness (QED) is 0.803. The fourth-order valence-electron chi connectivity index (χ4n) is 3.43. The molecule has 0 aromatic heterocycles. The zero-order valence-corrected chi connectivity index (χ0v) is 11.6. The van der Waals surface area contributed by atoms with Gasteiger partial charge in [0, 0.05) is 24.2 Å². The summed E-state index contributed by atoms with van der Waals surface area (Å²) in [6.45, 7) is 0.868. The lowest BCUT2D eigenvalue weighted by Gasteiger charge is -2.40. The summed E-state index contributed by atoms with van der Waals surface area (Å²) in [7, 11) is 0. The van der Waals surface area contributed by atoms with Gasteiger partial charge >= 0.3 is 0 Å². The summed E-state index contributed by atoms with van der Waals surface area (Å²) in [6, 6.07) is 12.7. The Kier molecular flexibility index (Phi) is 2.86. The Morgan fingerprint density at radius 1 is 1.14 bits per heavy atom. The van der Waals surface area contributed by atoms with Crippen LogP contribution < -0.4 is 15.4 Å². The van der Waals surface area contributed by atoms with Gasteiger partial charge in [0.15, 0.2) is 5.75 Å². The van der Waals surface area contributed by atoms with Crippen LogP contribution in [0.5, 0.6) is 11.5 Å². The van der Waals surface area contributed by atoms with E-state index in [0.717, 1.165) is 36.4 Å². The van der Waals surface area contributed by atoms with Crippen molar-refractivity contribution in [3.8, 4) is 11.5 Å². The van der Waals surface area contributed by atoms with Gasteiger partial charge in [0.05, 0.1) is 11.7 Å². The average molecular weight is 284 g/mol. The molecule has 2 aromatic rings. The molecule has 21 heavy (non-hydrogen) atoms. The van der Waals surface area contributed by atoms with Crippen LogP contribution in [0.3, 0.4) is 0 Å². The van der Waals surface area contributed by atoms with E-state index < -0.39 is 0 Å². The number of benzene rings is 2. The summed E-state index contributed by atoms with van der Waals surface area (Å²) in [6.07, 6.45) is 1.98. The number of rotatable bonds is 0. The van der Waals surface area contributed by atoms with Crippen LogP contribution in [0.4, 0.5) is 10.1 Å². The third-order valence-electron chi connectivity index (χ3n) is 4.37. The van der Waals surface area contributed by atoms with Gasteiger partial charge < -0.3 is 15.4 Å². The minimum absolute atomic E-state index is 0.0257. The predicted octanol–water partition coefficient (Wildman–Crippen LogP) is 3.60. The van der Waals surface area contributed by atoms with E-state index >= 15 is 0 Å². The van der Waals surface area contributed by atoms with Crippen molar-refractivity contribution in [2.75, 3.05) is 11.4 Å². The first kappa shape index (κ1) is 12.7. The SMILES string of the molecule is N[C@@H]1CCCN2c3cc(F)ccc3Oc3ccccc3[C@@H]12. The maximum atomic E-state index is 13.7. The molecule has 108 valence electrons. The average Bonchev–Trinajstić information content (AvgIpc) is 2.63. The molecule has 2 aliphatic rings. The summed E-state index contributed by atoms with van der Waals surface area (Å²) in [5.41, 5.74) is 8.26. The number of fused-ring (bicyclic) bond motifs is 5. The van der Waals surface area contributed by atoms with Crippen molar-refractivity contribution in [1.29, 1.82) is 0 Å². The largest absolute Gasteiger partial charge is 0.455 e. The number of halogens is 1. The highest BCUT2D eigenvalue weighted by Crippen LogP contribution is 2.47. The minimum Gasteiger partial charge on any atom is -0.455 e. The molecular weight excluding hydrogens is 267 g/mol. The monoisotopic (exact) mass is 284 g/mol. The van der Waals surface area contributed by atoms with Gasteiger partial charge in [-0.25, -0.2) is 4.39 Å². The van der Waals surface area contributed by atoms with Gasteiger partial charge in [-0.2, -0.15) is 0 Å². The van der Waals surface area contributed by atoms with Crippen molar-refractivity contribution in [2.45, 2.75) is 24.9 Å². The van der Waals surface area contributed by atoms with Crippen molar-refractivity contribution in [3.63, 3.8) is 0 Å². The van der Waals surface area contributed by atoms with Crippen LogP contribution in [0.1, 0.15) is 24.4 Å². The number of ether oxygens (including phenoxy) is 1. The molecular formula is C17H17FN2O. The lowest BCUT2D eigenvalue weighted by atomic mass is 9.90. The molecule has 2 N–H and O–H groups in total. The highest BCUT2D eigenvalue weighted by atomic mass is 19.1. The van der Waals surface area contributed by atoms with Gasteiger partial charge in [-0.05, 0) is 31.0 Å². The Hall–Kier alpha value is -2.07. The molecule has 0 unspecified atom stereocenters. The van der Waals surface area contributed by atoms with Crippen LogP contribution in [0.15, 0.2) is 42.5 Å². The topological polar surface area (TPSA) is 38.5 Å². The van der Waals surface area contributed by atoms with Crippen molar-refractivity contribution in [2.24, 2.45) is 5.73 Å². The number of para-hydroxylation sites is 1. The van der Waals surface area contributed by atoms with Crippen LogP contribution in [0.2, 0.25) is 0 Å². The van der Waals surface area contributed by atoms with Crippen molar-refractivity contribution in [1.82, 2.24) is 0 Å². The number of nitrogens with zero attached hydrogens (tertiary/aromatic N) is 1. The van der Waals surface area contributed by atoms with Gasteiger partial charge in [-0.3, -0.25) is 0 Å². The van der Waals surface area contributed by atoms with Crippen LogP contribution in [0.25, 0.3) is 0 Å². The van der Waals surface area contributed by atoms with Crippen LogP contribution >= 0.6 is 0 Å². The standard InChI is InChI=1S/C17H17FN2O/c18-11-7-8-16-14(10-11)20-9-3-5-13(19)17(20)12-4-1-2-6-15(12)21-16/h1-2,4,6-8,10,13,17H,3,5,9,19H2/t13-,17+/m1/s1. The Morgan fingerprint density at radius 3 is 2.90 bits per heavy atom. The number of anilines is 1. The Morgan fingerprint density at radius 2 is 2.00 bits per heavy atom. The van der Waals surface area contributed by atoms with E-state index in [4.69, 9.17) is 10.5 Å². The van der Waals surface area contributed by atoms with Crippen LogP contribution in [-0.2, 0) is 0 Å². The first-order valence-corrected chi connectivity index (χ1v) is 7.32. The van der Waals surface area contributed by atoms with E-state index in [-0.39, 0.29) is 17.9 Å². The van der Waals surface area contributed by atoms with E-state index in [1.54, 1.807) is 12.1 Å². The predicted molar refractivity (Wildman–Crippen MR) is 80.2 cm³/mol. The second-order valence-electron chi connectivity index (χ2n) is 5.70. The van der Waals surface area contributed by atoms with E-state index in [1.807, 2.05) is 18.2 Å². The second kappa shape index (κ2) is 4.74. The van der Waals surface area contributed by atoms with Gasteiger partial charge in [-0.1, -0.05) is 18.2 Å². The minimum atomic E-state index is -0.249. The van der Waals surface area contributed by atoms with E-state index in [2.05, 4.69) is 11.0 Å². The molecule has 2 heterocycles. The van der Waals surface area contributed by atoms with Gasteiger partial charge in [0.25, 0.3) is 0 Å². The van der Waals surface area contributed by atoms with E-state index in [0.29, 0.717) is 5.75 Å². The fourth-order valence-corrected chi connectivity index (χ4v) is 3.43. The van der Waals surface area contributed by atoms with Crippen LogP contribution in [-0.4, -0.2) is 12.6 Å². The molecule has 0 amide bonds. The van der Waals surface area contributed by atoms with Gasteiger partial charge in [-0.15, -0.1) is 0 Å². The molecule has 0 bridgehead atoms. The smallest absolute Gasteiger partial charge is 0.150 e. The maximum Gasteiger partial charge on any atom is 0.150 e. The van der Waals surface area contributed by atoms with Gasteiger partial charge in [0.2, 0.25) is 0 Å². The first-order chi connectivity index (χ1) is 10.2. The third-order valence-corrected chi connectivity index (χ3v) is 4.37. The zero-order valence-electron chi connectivity index (χ0n) is 11.6. The van der Waals surface area contributed by atoms with E-state index in [9.17, 15) is 4.39 Å². The summed E-state index contributed by atoms with van der Waals surface area (Å²) in [4.78, 5) is 2.19. The van der Waals surface area contributed by atoms with Crippen molar-refractivity contribution < 1.29 is 9.13 Å². The third kappa shape index (κ3) is 1.98. The summed E-state index contributed by atoms with van der Waals surface area (Å²) >= 11 is 0. The van der Waals surface area contributed by atoms with Crippen molar-refractivity contribution >= 4 is 5.69 Å². The molecule has 2 atom stereocenters. The molecule has 3 nitrogen and oxygen atoms in total. The molecule has 1 fully saturated rings. The molecule has 4 heteroatoms. The highest BCUT2D eigenvalue weighted by molar-refractivity contribution is 5.65. The Labute approximate surface area is 123 Å². The normalized spacial score (nSPS) is 23.4. The Balaban J connectivity index is 1.94. The van der Waals surface area contributed by atoms with E-state index in [1.165, 1.54) is 6.07 Å². The molecule has 2 aromatic carbocycles. The van der Waals surface area contributed by atoms with Crippen molar-refractivity contribution in [3.05, 3.63) is 53.8 Å². The number of nitrogens with two attached hydrogens (primary N) is 1. The molecule has 0 saturated carbocycles. The maximum absolute atomic E-state index is 13.7. The summed E-state index contributed by atoms with van der Waals surface area (Å²) < 4.78 is 19.7. The second-order valence-corrected chi connectivity index (χ2v) is 5.70. The van der Waals surface area contributed by atoms with Gasteiger partial charge in [0.1, 0.15) is 11.6 Å². The Bertz CT molecular complexity index is 688. The van der Waals surface area contributed by atoms with Crippen LogP contribution in [0, 0.1) is 5.82 Å². The lowest BCUT2D eigenvalue weighted by molar-refractivity contribution is 0.408.